The summed E-state index contributed by atoms with van der Waals surface area (Å²) in [5, 5.41) is 6.62. The van der Waals surface area contributed by atoms with Gasteiger partial charge in [0.05, 0.1) is 15.4 Å². The number of nitrogens with zero attached hydrogens (tertiary/aromatic N) is 2. The lowest BCUT2D eigenvalue weighted by atomic mass is 9.43. The van der Waals surface area contributed by atoms with Gasteiger partial charge in [-0.25, -0.2) is 17.8 Å². The molecule has 12 heteroatoms. The van der Waals surface area contributed by atoms with Crippen molar-refractivity contribution in [1.29, 1.82) is 4.78 Å². The lowest BCUT2D eigenvalue weighted by Crippen LogP contribution is -2.56. The van der Waals surface area contributed by atoms with Gasteiger partial charge in [-0.05, 0) is 55.7 Å². The first-order valence-corrected chi connectivity index (χ1v) is 12.9. The molecule has 3 unspecified atom stereocenters. The molecule has 3 atom stereocenters. The first kappa shape index (κ1) is 23.3. The Morgan fingerprint density at radius 2 is 2.00 bits per heavy atom. The van der Waals surface area contributed by atoms with Crippen LogP contribution in [-0.4, -0.2) is 32.6 Å². The van der Waals surface area contributed by atoms with E-state index in [9.17, 15) is 31.0 Å². The predicted molar refractivity (Wildman–Crippen MR) is 113 cm³/mol. The number of benzene rings is 1. The van der Waals surface area contributed by atoms with Crippen molar-refractivity contribution < 1.29 is 31.0 Å². The van der Waals surface area contributed by atoms with Gasteiger partial charge in [0.15, 0.2) is 0 Å². The van der Waals surface area contributed by atoms with Gasteiger partial charge in [0.1, 0.15) is 11.3 Å². The highest BCUT2D eigenvalue weighted by Crippen LogP contribution is 2.66. The van der Waals surface area contributed by atoms with Crippen LogP contribution in [0.25, 0.3) is 0 Å². The van der Waals surface area contributed by atoms with E-state index >= 15 is 0 Å². The summed E-state index contributed by atoms with van der Waals surface area (Å²) >= 11 is 0. The Morgan fingerprint density at radius 3 is 2.50 bits per heavy atom. The molecule has 0 spiro atoms. The molecule has 4 aliphatic carbocycles. The minimum absolute atomic E-state index is 0.0779. The standard InChI is InChI=1S/C22H23F5N4O2S/c1-34(28,33)14-4-2-3-13(6-14)29-20(32)17-16(22(25,26)27)18(21-7-11(8-21)9-21)30-31(17)10-12-5-15(12)19(23)24/h2-4,6,11-12,15,19,28H,5,7-10H2,1H3,(H,29,32). The van der Waals surface area contributed by atoms with E-state index in [1.807, 2.05) is 0 Å². The van der Waals surface area contributed by atoms with E-state index in [2.05, 4.69) is 10.4 Å². The number of carbonyl (C=O) groups excluding carboxylic acids is 1. The van der Waals surface area contributed by atoms with Crippen LogP contribution in [0.4, 0.5) is 27.6 Å². The van der Waals surface area contributed by atoms with Crippen LogP contribution in [0.2, 0.25) is 0 Å². The van der Waals surface area contributed by atoms with Crippen LogP contribution in [-0.2, 0) is 27.9 Å². The highest BCUT2D eigenvalue weighted by Gasteiger charge is 2.62. The van der Waals surface area contributed by atoms with Gasteiger partial charge < -0.3 is 5.32 Å². The number of alkyl halides is 5. The third-order valence-electron chi connectivity index (χ3n) is 7.24. The molecule has 6 nitrogen and oxygen atoms in total. The van der Waals surface area contributed by atoms with Crippen molar-refractivity contribution in [2.24, 2.45) is 17.8 Å². The summed E-state index contributed by atoms with van der Waals surface area (Å²) in [6.07, 6.45) is -4.35. The molecule has 4 fully saturated rings. The zero-order chi connectivity index (χ0) is 24.6. The van der Waals surface area contributed by atoms with Crippen LogP contribution in [0.1, 0.15) is 47.4 Å². The summed E-state index contributed by atoms with van der Waals surface area (Å²) in [5.74, 6) is -2.17. The van der Waals surface area contributed by atoms with E-state index < -0.39 is 56.7 Å². The molecule has 1 heterocycles. The Labute approximate surface area is 192 Å². The second kappa shape index (κ2) is 7.50. The molecule has 0 aliphatic heterocycles. The average molecular weight is 503 g/mol. The van der Waals surface area contributed by atoms with Crippen molar-refractivity contribution in [1.82, 2.24) is 9.78 Å². The van der Waals surface area contributed by atoms with E-state index in [4.69, 9.17) is 4.78 Å². The van der Waals surface area contributed by atoms with E-state index in [0.29, 0.717) is 25.2 Å². The summed E-state index contributed by atoms with van der Waals surface area (Å²) in [5.41, 5.74) is -2.60. The fourth-order valence-electron chi connectivity index (χ4n) is 5.25. The molecule has 2 N–H and O–H groups in total. The first-order chi connectivity index (χ1) is 15.8. The molecule has 4 saturated carbocycles. The van der Waals surface area contributed by atoms with E-state index in [1.54, 1.807) is 0 Å². The summed E-state index contributed by atoms with van der Waals surface area (Å²) in [7, 11) is -3.11. The Hall–Kier alpha value is -2.50. The minimum Gasteiger partial charge on any atom is -0.321 e. The van der Waals surface area contributed by atoms with Gasteiger partial charge in [0.2, 0.25) is 6.43 Å². The quantitative estimate of drug-likeness (QED) is 0.514. The van der Waals surface area contributed by atoms with Crippen LogP contribution in [0.5, 0.6) is 0 Å². The van der Waals surface area contributed by atoms with Gasteiger partial charge in [-0.3, -0.25) is 9.48 Å². The topological polar surface area (TPSA) is 87.8 Å². The lowest BCUT2D eigenvalue weighted by molar-refractivity contribution is -0.142. The number of rotatable bonds is 7. The number of carbonyl (C=O) groups is 1. The summed E-state index contributed by atoms with van der Waals surface area (Å²) < 4.78 is 89.7. The smallest absolute Gasteiger partial charge is 0.321 e. The lowest BCUT2D eigenvalue weighted by Gasteiger charge is -2.61. The molecule has 1 aromatic carbocycles. The number of anilines is 1. The van der Waals surface area contributed by atoms with Gasteiger partial charge in [-0.1, -0.05) is 6.07 Å². The third kappa shape index (κ3) is 3.89. The van der Waals surface area contributed by atoms with Crippen molar-refractivity contribution >= 4 is 21.3 Å². The molecule has 6 rings (SSSR count). The Balaban J connectivity index is 1.55. The molecular formula is C22H23F5N4O2S. The van der Waals surface area contributed by atoms with E-state index in [0.717, 1.165) is 4.68 Å². The highest BCUT2D eigenvalue weighted by atomic mass is 32.2. The molecular weight excluding hydrogens is 479 g/mol. The van der Waals surface area contributed by atoms with Crippen LogP contribution in [0, 0.1) is 22.5 Å². The molecule has 1 aromatic heterocycles. The molecule has 1 amide bonds. The molecule has 184 valence electrons. The van der Waals surface area contributed by atoms with E-state index in [1.165, 1.54) is 30.5 Å². The fraction of sp³-hybridized carbons (Fsp3) is 0.545. The number of amides is 1. The van der Waals surface area contributed by atoms with Crippen LogP contribution < -0.4 is 5.32 Å². The molecule has 4 aliphatic rings. The largest absolute Gasteiger partial charge is 0.420 e. The zero-order valence-electron chi connectivity index (χ0n) is 18.2. The molecule has 34 heavy (non-hydrogen) atoms. The van der Waals surface area contributed by atoms with Gasteiger partial charge in [-0.15, -0.1) is 0 Å². The molecule has 0 radical (unpaired) electrons. The van der Waals surface area contributed by atoms with Gasteiger partial charge in [-0.2, -0.15) is 18.3 Å². The van der Waals surface area contributed by atoms with Crippen molar-refractivity contribution in [3.63, 3.8) is 0 Å². The van der Waals surface area contributed by atoms with Gasteiger partial charge >= 0.3 is 6.18 Å². The maximum atomic E-state index is 14.3. The minimum atomic E-state index is -4.86. The second-order valence-electron chi connectivity index (χ2n) is 9.83. The summed E-state index contributed by atoms with van der Waals surface area (Å²) in [6, 6.07) is 5.55. The summed E-state index contributed by atoms with van der Waals surface area (Å²) in [6.45, 7) is -0.199. The maximum Gasteiger partial charge on any atom is 0.420 e. The van der Waals surface area contributed by atoms with Gasteiger partial charge in [0.25, 0.3) is 5.91 Å². The number of hydrogen-bond acceptors (Lipinski definition) is 4. The fourth-order valence-corrected chi connectivity index (χ4v) is 5.94. The summed E-state index contributed by atoms with van der Waals surface area (Å²) in [4.78, 5) is 13.3. The van der Waals surface area contributed by atoms with Crippen LogP contribution in [0.3, 0.4) is 0 Å². The zero-order valence-corrected chi connectivity index (χ0v) is 19.0. The highest BCUT2D eigenvalue weighted by molar-refractivity contribution is 7.91. The van der Waals surface area contributed by atoms with Crippen molar-refractivity contribution in [2.45, 2.75) is 55.1 Å². The third-order valence-corrected chi connectivity index (χ3v) is 8.40. The number of hydrogen-bond donors (Lipinski definition) is 2. The number of aromatic nitrogens is 2. The Kier molecular flexibility index (Phi) is 5.13. The molecule has 2 aromatic rings. The van der Waals surface area contributed by atoms with Crippen molar-refractivity contribution in [3.05, 3.63) is 41.2 Å². The van der Waals surface area contributed by atoms with Crippen molar-refractivity contribution in [3.8, 4) is 0 Å². The van der Waals surface area contributed by atoms with E-state index in [-0.39, 0.29) is 29.2 Å². The Morgan fingerprint density at radius 1 is 1.32 bits per heavy atom. The van der Waals surface area contributed by atoms with Crippen LogP contribution >= 0.6 is 0 Å². The van der Waals surface area contributed by atoms with Crippen LogP contribution in [0.15, 0.2) is 29.2 Å². The van der Waals surface area contributed by atoms with Crippen molar-refractivity contribution in [2.75, 3.05) is 11.6 Å². The maximum absolute atomic E-state index is 14.3. The number of nitrogens with one attached hydrogen (secondary N) is 2. The van der Waals surface area contributed by atoms with Gasteiger partial charge in [0, 0.05) is 34.7 Å². The number of halogens is 5. The average Bonchev–Trinajstić information content (AvgIpc) is 3.30. The monoisotopic (exact) mass is 502 g/mol. The predicted octanol–water partition coefficient (Wildman–Crippen LogP) is 5.14. The molecule has 0 saturated heterocycles. The second-order valence-corrected chi connectivity index (χ2v) is 12.0. The SMILES string of the molecule is CS(=N)(=O)c1cccc(NC(=O)c2c(C(F)(F)F)c(C34CC(C3)C4)nn2CC2CC2C(F)F)c1. The molecule has 2 bridgehead atoms. The first-order valence-electron chi connectivity index (χ1n) is 10.9. The normalized spacial score (nSPS) is 29.2. The Bertz CT molecular complexity index is 1250.